The summed E-state index contributed by atoms with van der Waals surface area (Å²) in [5, 5.41) is 18.8. The topological polar surface area (TPSA) is 118 Å². The van der Waals surface area contributed by atoms with E-state index < -0.39 is 10.8 Å². The Balaban J connectivity index is 1.46. The number of benzene rings is 3. The minimum Gasteiger partial charge on any atom is -0.497 e. The quantitative estimate of drug-likeness (QED) is 0.203. The molecule has 0 radical (unpaired) electrons. The summed E-state index contributed by atoms with van der Waals surface area (Å²) in [6, 6.07) is 17.1. The molecule has 0 unspecified atom stereocenters. The molecule has 4 aromatic rings. The summed E-state index contributed by atoms with van der Waals surface area (Å²) in [4.78, 5) is 23.6. The Kier molecular flexibility index (Phi) is 7.57. The van der Waals surface area contributed by atoms with E-state index in [1.165, 1.54) is 42.3 Å². The largest absolute Gasteiger partial charge is 0.497 e. The molecule has 1 amide bonds. The van der Waals surface area contributed by atoms with E-state index in [2.05, 4.69) is 10.4 Å². The summed E-state index contributed by atoms with van der Waals surface area (Å²) in [5.74, 6) is 0.948. The van der Waals surface area contributed by atoms with Crippen LogP contribution in [0.1, 0.15) is 10.5 Å². The smallest absolute Gasteiger partial charge is 0.276 e. The zero-order valence-electron chi connectivity index (χ0n) is 18.7. The zero-order chi connectivity index (χ0) is 25.7. The summed E-state index contributed by atoms with van der Waals surface area (Å²) in [5.41, 5.74) is -0.0359. The fraction of sp³-hybridized carbons (Fsp3) is 0.0833. The van der Waals surface area contributed by atoms with Crippen LogP contribution in [0.4, 0.5) is 11.4 Å². The van der Waals surface area contributed by atoms with Crippen LogP contribution in [0.15, 0.2) is 72.9 Å². The van der Waals surface area contributed by atoms with Crippen LogP contribution in [0.3, 0.4) is 0 Å². The van der Waals surface area contributed by atoms with Gasteiger partial charge in [0.25, 0.3) is 11.6 Å². The fourth-order valence-electron chi connectivity index (χ4n) is 3.10. The molecule has 3 aromatic carbocycles. The van der Waals surface area contributed by atoms with Gasteiger partial charge in [0.05, 0.1) is 33.8 Å². The number of hydrogen-bond acceptors (Lipinski definition) is 7. The molecule has 0 aliphatic carbocycles. The van der Waals surface area contributed by atoms with Gasteiger partial charge in [-0.1, -0.05) is 29.3 Å². The number of rotatable bonds is 9. The van der Waals surface area contributed by atoms with Gasteiger partial charge in [0.2, 0.25) is 0 Å². The van der Waals surface area contributed by atoms with Crippen molar-refractivity contribution in [2.75, 3.05) is 12.4 Å². The van der Waals surface area contributed by atoms with Gasteiger partial charge in [0, 0.05) is 18.3 Å². The maximum atomic E-state index is 12.7. The van der Waals surface area contributed by atoms with Crippen molar-refractivity contribution in [3.05, 3.63) is 98.8 Å². The van der Waals surface area contributed by atoms with Crippen molar-refractivity contribution in [2.24, 2.45) is 0 Å². The van der Waals surface area contributed by atoms with E-state index in [0.29, 0.717) is 27.3 Å². The Morgan fingerprint density at radius 3 is 2.39 bits per heavy atom. The second-order valence-electron chi connectivity index (χ2n) is 7.27. The molecule has 0 aliphatic heterocycles. The van der Waals surface area contributed by atoms with Crippen LogP contribution in [0, 0.1) is 10.1 Å². The monoisotopic (exact) mass is 528 g/mol. The number of carbonyl (C=O) groups excluding carboxylic acids is 1. The number of methoxy groups -OCH3 is 1. The van der Waals surface area contributed by atoms with E-state index >= 15 is 0 Å². The van der Waals surface area contributed by atoms with Crippen molar-refractivity contribution in [3.8, 4) is 23.0 Å². The average Bonchev–Trinajstić information content (AvgIpc) is 3.33. The van der Waals surface area contributed by atoms with Crippen LogP contribution in [0.5, 0.6) is 23.0 Å². The lowest BCUT2D eigenvalue weighted by molar-refractivity contribution is -0.384. The first kappa shape index (κ1) is 24.8. The zero-order valence-corrected chi connectivity index (χ0v) is 20.2. The molecular weight excluding hydrogens is 511 g/mol. The normalized spacial score (nSPS) is 10.5. The Bertz CT molecular complexity index is 1390. The first-order valence-corrected chi connectivity index (χ1v) is 11.1. The number of hydrogen-bond donors (Lipinski definition) is 1. The third-order valence-corrected chi connectivity index (χ3v) is 5.38. The highest BCUT2D eigenvalue weighted by Gasteiger charge is 2.16. The molecule has 4 rings (SSSR count). The number of amides is 1. The highest BCUT2D eigenvalue weighted by Crippen LogP contribution is 2.33. The molecule has 0 aliphatic rings. The van der Waals surface area contributed by atoms with Crippen LogP contribution in [-0.2, 0) is 6.73 Å². The SMILES string of the molecule is COc1ccc(Oc2cc(NC(=O)c3ccn(COc4c(Cl)cccc4Cl)n3)cc([N+](=O)[O-])c2)cc1. The van der Waals surface area contributed by atoms with E-state index in [0.717, 1.165) is 0 Å². The predicted molar refractivity (Wildman–Crippen MR) is 133 cm³/mol. The number of nitrogens with one attached hydrogen (secondary N) is 1. The van der Waals surface area contributed by atoms with E-state index in [1.54, 1.807) is 42.5 Å². The van der Waals surface area contributed by atoms with Crippen LogP contribution >= 0.6 is 23.2 Å². The van der Waals surface area contributed by atoms with Gasteiger partial charge < -0.3 is 19.5 Å². The predicted octanol–water partition coefficient (Wildman–Crippen LogP) is 6.19. The van der Waals surface area contributed by atoms with Crippen molar-refractivity contribution >= 4 is 40.5 Å². The van der Waals surface area contributed by atoms with Crippen molar-refractivity contribution in [1.29, 1.82) is 0 Å². The molecule has 0 spiro atoms. The summed E-state index contributed by atoms with van der Waals surface area (Å²) in [6.07, 6.45) is 1.53. The number of non-ortho nitro benzene ring substituents is 1. The lowest BCUT2D eigenvalue weighted by atomic mass is 10.2. The van der Waals surface area contributed by atoms with Crippen LogP contribution in [-0.4, -0.2) is 27.7 Å². The second kappa shape index (κ2) is 11.0. The maximum Gasteiger partial charge on any atom is 0.276 e. The van der Waals surface area contributed by atoms with Crippen molar-refractivity contribution in [2.45, 2.75) is 6.73 Å². The number of anilines is 1. The Hall–Kier alpha value is -4.28. The number of carbonyl (C=O) groups is 1. The van der Waals surface area contributed by atoms with E-state index in [9.17, 15) is 14.9 Å². The van der Waals surface area contributed by atoms with Gasteiger partial charge in [-0.05, 0) is 42.5 Å². The number of ether oxygens (including phenoxy) is 3. The van der Waals surface area contributed by atoms with Gasteiger partial charge in [-0.3, -0.25) is 14.9 Å². The number of nitro benzene ring substituents is 1. The van der Waals surface area contributed by atoms with E-state index in [-0.39, 0.29) is 29.5 Å². The summed E-state index contributed by atoms with van der Waals surface area (Å²) >= 11 is 12.2. The molecule has 0 saturated heterocycles. The first-order chi connectivity index (χ1) is 17.3. The number of para-hydroxylation sites is 1. The number of nitrogens with zero attached hydrogens (tertiary/aromatic N) is 3. The molecule has 0 bridgehead atoms. The standard InChI is InChI=1S/C24H18Cl2N4O6/c1-34-17-5-7-18(8-6-17)36-19-12-15(11-16(13-19)30(32)33)27-24(31)22-9-10-29(28-22)14-35-23-20(25)3-2-4-21(23)26/h2-13H,14H2,1H3,(H,27,31). The van der Waals surface area contributed by atoms with Crippen LogP contribution in [0.25, 0.3) is 0 Å². The molecule has 36 heavy (non-hydrogen) atoms. The number of aromatic nitrogens is 2. The number of nitro groups is 1. The van der Waals surface area contributed by atoms with Gasteiger partial charge in [0.15, 0.2) is 18.2 Å². The third kappa shape index (κ3) is 6.04. The van der Waals surface area contributed by atoms with E-state index in [1.807, 2.05) is 0 Å². The summed E-state index contributed by atoms with van der Waals surface area (Å²) in [6.45, 7) is -0.0482. The highest BCUT2D eigenvalue weighted by molar-refractivity contribution is 6.37. The van der Waals surface area contributed by atoms with Crippen molar-refractivity contribution in [1.82, 2.24) is 9.78 Å². The van der Waals surface area contributed by atoms with Gasteiger partial charge >= 0.3 is 0 Å². The molecule has 0 atom stereocenters. The van der Waals surface area contributed by atoms with Crippen molar-refractivity contribution in [3.63, 3.8) is 0 Å². The fourth-order valence-corrected chi connectivity index (χ4v) is 3.61. The molecule has 0 saturated carbocycles. The summed E-state index contributed by atoms with van der Waals surface area (Å²) in [7, 11) is 1.54. The van der Waals surface area contributed by atoms with Gasteiger partial charge in [0.1, 0.15) is 17.2 Å². The van der Waals surface area contributed by atoms with Crippen molar-refractivity contribution < 1.29 is 23.9 Å². The molecule has 10 nitrogen and oxygen atoms in total. The maximum absolute atomic E-state index is 12.7. The molecule has 1 N–H and O–H groups in total. The average molecular weight is 529 g/mol. The minimum absolute atomic E-state index is 0.0482. The third-order valence-electron chi connectivity index (χ3n) is 4.79. The molecule has 1 aromatic heterocycles. The molecule has 0 fully saturated rings. The lowest BCUT2D eigenvalue weighted by Crippen LogP contribution is -2.14. The minimum atomic E-state index is -0.583. The van der Waals surface area contributed by atoms with Crippen LogP contribution < -0.4 is 19.5 Å². The summed E-state index contributed by atoms with van der Waals surface area (Å²) < 4.78 is 17.8. The van der Waals surface area contributed by atoms with Gasteiger partial charge in [-0.15, -0.1) is 0 Å². The number of halogens is 2. The van der Waals surface area contributed by atoms with Gasteiger partial charge in [-0.2, -0.15) is 5.10 Å². The first-order valence-electron chi connectivity index (χ1n) is 10.4. The highest BCUT2D eigenvalue weighted by atomic mass is 35.5. The van der Waals surface area contributed by atoms with Gasteiger partial charge in [-0.25, -0.2) is 4.68 Å². The molecular formula is C24H18Cl2N4O6. The molecule has 184 valence electrons. The Labute approximate surface area is 215 Å². The van der Waals surface area contributed by atoms with E-state index in [4.69, 9.17) is 37.4 Å². The Morgan fingerprint density at radius 2 is 1.72 bits per heavy atom. The molecule has 1 heterocycles. The lowest BCUT2D eigenvalue weighted by Gasteiger charge is -2.10. The molecule has 12 heteroatoms. The van der Waals surface area contributed by atoms with Crippen LogP contribution in [0.2, 0.25) is 10.0 Å². The second-order valence-corrected chi connectivity index (χ2v) is 8.08. The Morgan fingerprint density at radius 1 is 1.03 bits per heavy atom.